The third kappa shape index (κ3) is 4.09. The molecule has 0 radical (unpaired) electrons. The molecule has 154 valence electrons. The van der Waals surface area contributed by atoms with E-state index in [0.717, 1.165) is 21.5 Å². The first-order chi connectivity index (χ1) is 14.9. The van der Waals surface area contributed by atoms with Gasteiger partial charge in [-0.25, -0.2) is 4.79 Å². The van der Waals surface area contributed by atoms with Gasteiger partial charge >= 0.3 is 5.97 Å². The number of nitrogens with one attached hydrogen (secondary N) is 1. The van der Waals surface area contributed by atoms with E-state index >= 15 is 0 Å². The van der Waals surface area contributed by atoms with Crippen LogP contribution in [0.4, 0.5) is 0 Å². The Hall–Kier alpha value is -4.19. The summed E-state index contributed by atoms with van der Waals surface area (Å²) in [5, 5.41) is 15.2. The first-order valence-electron chi connectivity index (χ1n) is 9.77. The molecule has 2 amide bonds. The van der Waals surface area contributed by atoms with Crippen molar-refractivity contribution in [2.75, 3.05) is 0 Å². The van der Waals surface area contributed by atoms with Crippen molar-refractivity contribution in [2.24, 2.45) is 5.73 Å². The van der Waals surface area contributed by atoms with Gasteiger partial charge in [-0.1, -0.05) is 60.7 Å². The zero-order valence-corrected chi connectivity index (χ0v) is 16.5. The molecule has 6 nitrogen and oxygen atoms in total. The summed E-state index contributed by atoms with van der Waals surface area (Å²) in [6.07, 6.45) is 0.156. The highest BCUT2D eigenvalue weighted by Gasteiger charge is 2.22. The zero-order chi connectivity index (χ0) is 22.0. The van der Waals surface area contributed by atoms with Gasteiger partial charge < -0.3 is 16.2 Å². The van der Waals surface area contributed by atoms with E-state index in [1.807, 2.05) is 54.6 Å². The van der Waals surface area contributed by atoms with Crippen molar-refractivity contribution < 1.29 is 19.5 Å². The lowest BCUT2D eigenvalue weighted by Gasteiger charge is -2.18. The van der Waals surface area contributed by atoms with Crippen molar-refractivity contribution in [1.82, 2.24) is 5.32 Å². The molecule has 0 heterocycles. The van der Waals surface area contributed by atoms with E-state index in [0.29, 0.717) is 11.1 Å². The van der Waals surface area contributed by atoms with E-state index in [1.54, 1.807) is 12.1 Å². The molecule has 0 aliphatic rings. The number of fused-ring (bicyclic) bond motifs is 2. The predicted octanol–water partition coefficient (Wildman–Crippen LogP) is 3.52. The number of rotatable bonds is 6. The SMILES string of the molecule is NC(=O)[C@@H](Cc1ccc(C(=O)O)cc1)NC(=O)c1c2ccccc2cc2ccccc12. The van der Waals surface area contributed by atoms with Gasteiger partial charge in [0.1, 0.15) is 6.04 Å². The predicted molar refractivity (Wildman–Crippen MR) is 119 cm³/mol. The lowest BCUT2D eigenvalue weighted by molar-refractivity contribution is -0.119. The number of amides is 2. The van der Waals surface area contributed by atoms with Crippen molar-refractivity contribution in [2.45, 2.75) is 12.5 Å². The van der Waals surface area contributed by atoms with Gasteiger partial charge in [0, 0.05) is 6.42 Å². The maximum absolute atomic E-state index is 13.3. The minimum atomic E-state index is -1.03. The van der Waals surface area contributed by atoms with Crippen LogP contribution < -0.4 is 11.1 Å². The molecule has 0 saturated carbocycles. The van der Waals surface area contributed by atoms with Crippen LogP contribution >= 0.6 is 0 Å². The quantitative estimate of drug-likeness (QED) is 0.421. The summed E-state index contributed by atoms with van der Waals surface area (Å²) in [5.74, 6) is -2.09. The van der Waals surface area contributed by atoms with Crippen LogP contribution in [0.3, 0.4) is 0 Å². The number of nitrogens with two attached hydrogens (primary N) is 1. The number of primary amides is 1. The fraction of sp³-hybridized carbons (Fsp3) is 0.0800. The number of aromatic carboxylic acids is 1. The fourth-order valence-electron chi connectivity index (χ4n) is 3.73. The van der Waals surface area contributed by atoms with Crippen molar-refractivity contribution in [3.8, 4) is 0 Å². The Morgan fingerprint density at radius 2 is 1.39 bits per heavy atom. The molecule has 4 rings (SSSR count). The summed E-state index contributed by atoms with van der Waals surface area (Å²) in [5.41, 5.74) is 6.89. The molecule has 0 unspecified atom stereocenters. The van der Waals surface area contributed by atoms with Crippen LogP contribution in [0, 0.1) is 0 Å². The van der Waals surface area contributed by atoms with Gasteiger partial charge in [-0.05, 0) is 45.3 Å². The van der Waals surface area contributed by atoms with E-state index in [9.17, 15) is 14.4 Å². The summed E-state index contributed by atoms with van der Waals surface area (Å²) < 4.78 is 0. The molecule has 0 aliphatic heterocycles. The molecular weight excluding hydrogens is 392 g/mol. The van der Waals surface area contributed by atoms with Crippen molar-refractivity contribution in [3.63, 3.8) is 0 Å². The smallest absolute Gasteiger partial charge is 0.335 e. The third-order valence-electron chi connectivity index (χ3n) is 5.29. The second kappa shape index (κ2) is 8.28. The van der Waals surface area contributed by atoms with Crippen LogP contribution in [0.2, 0.25) is 0 Å². The van der Waals surface area contributed by atoms with Gasteiger partial charge in [-0.2, -0.15) is 0 Å². The van der Waals surface area contributed by atoms with Gasteiger partial charge in [0.25, 0.3) is 5.91 Å². The highest BCUT2D eigenvalue weighted by atomic mass is 16.4. The van der Waals surface area contributed by atoms with E-state index < -0.39 is 17.9 Å². The second-order valence-electron chi connectivity index (χ2n) is 7.33. The highest BCUT2D eigenvalue weighted by Crippen LogP contribution is 2.28. The molecule has 0 bridgehead atoms. The molecule has 4 aromatic rings. The Labute approximate surface area is 178 Å². The van der Waals surface area contributed by atoms with Crippen LogP contribution in [0.5, 0.6) is 0 Å². The number of carbonyl (C=O) groups excluding carboxylic acids is 2. The van der Waals surface area contributed by atoms with Gasteiger partial charge in [0.15, 0.2) is 0 Å². The van der Waals surface area contributed by atoms with Crippen molar-refractivity contribution >= 4 is 39.3 Å². The number of carboxylic acids is 1. The molecular formula is C25H20N2O4. The topological polar surface area (TPSA) is 109 Å². The Bertz CT molecular complexity index is 1260. The Morgan fingerprint density at radius 1 is 0.839 bits per heavy atom. The average Bonchev–Trinajstić information content (AvgIpc) is 2.77. The number of hydrogen-bond donors (Lipinski definition) is 3. The normalized spacial score (nSPS) is 11.9. The largest absolute Gasteiger partial charge is 0.478 e. The molecule has 0 spiro atoms. The molecule has 31 heavy (non-hydrogen) atoms. The van der Waals surface area contributed by atoms with Crippen LogP contribution in [0.15, 0.2) is 78.9 Å². The Kier molecular flexibility index (Phi) is 5.37. The molecule has 4 N–H and O–H groups in total. The Balaban J connectivity index is 1.68. The lowest BCUT2D eigenvalue weighted by atomic mass is 9.95. The molecule has 4 aromatic carbocycles. The third-order valence-corrected chi connectivity index (χ3v) is 5.29. The summed E-state index contributed by atoms with van der Waals surface area (Å²) >= 11 is 0. The molecule has 1 atom stereocenters. The second-order valence-corrected chi connectivity index (χ2v) is 7.33. The molecule has 0 aromatic heterocycles. The minimum Gasteiger partial charge on any atom is -0.478 e. The number of carbonyl (C=O) groups is 3. The number of carboxylic acid groups (broad SMARTS) is 1. The average molecular weight is 412 g/mol. The van der Waals surface area contributed by atoms with E-state index in [-0.39, 0.29) is 17.9 Å². The molecule has 0 aliphatic carbocycles. The van der Waals surface area contributed by atoms with E-state index in [1.165, 1.54) is 12.1 Å². The molecule has 0 saturated heterocycles. The standard InChI is InChI=1S/C25H20N2O4/c26-23(28)21(13-15-9-11-16(12-10-15)25(30)31)27-24(29)22-19-7-3-1-5-17(19)14-18-6-2-4-8-20(18)22/h1-12,14,21H,13H2,(H2,26,28)(H,27,29)(H,30,31)/t21-/m1/s1. The maximum atomic E-state index is 13.3. The summed E-state index contributed by atoms with van der Waals surface area (Å²) in [6, 6.07) is 22.4. The lowest BCUT2D eigenvalue weighted by Crippen LogP contribution is -2.46. The summed E-state index contributed by atoms with van der Waals surface area (Å²) in [7, 11) is 0. The number of benzene rings is 4. The minimum absolute atomic E-state index is 0.144. The van der Waals surface area contributed by atoms with Gasteiger partial charge in [0.2, 0.25) is 5.91 Å². The number of hydrogen-bond acceptors (Lipinski definition) is 3. The zero-order valence-electron chi connectivity index (χ0n) is 16.5. The maximum Gasteiger partial charge on any atom is 0.335 e. The first kappa shape index (κ1) is 20.1. The Morgan fingerprint density at radius 3 is 1.90 bits per heavy atom. The van der Waals surface area contributed by atoms with Gasteiger partial charge in [-0.3, -0.25) is 9.59 Å². The highest BCUT2D eigenvalue weighted by molar-refractivity contribution is 6.18. The van der Waals surface area contributed by atoms with Gasteiger partial charge in [0.05, 0.1) is 11.1 Å². The van der Waals surface area contributed by atoms with Crippen LogP contribution in [0.25, 0.3) is 21.5 Å². The van der Waals surface area contributed by atoms with E-state index in [4.69, 9.17) is 10.8 Å². The van der Waals surface area contributed by atoms with Crippen molar-refractivity contribution in [1.29, 1.82) is 0 Å². The van der Waals surface area contributed by atoms with E-state index in [2.05, 4.69) is 5.32 Å². The monoisotopic (exact) mass is 412 g/mol. The van der Waals surface area contributed by atoms with Crippen LogP contribution in [-0.2, 0) is 11.2 Å². The summed E-state index contributed by atoms with van der Waals surface area (Å²) in [6.45, 7) is 0. The van der Waals surface area contributed by atoms with Gasteiger partial charge in [-0.15, -0.1) is 0 Å². The fourth-order valence-corrected chi connectivity index (χ4v) is 3.73. The summed E-state index contributed by atoms with van der Waals surface area (Å²) in [4.78, 5) is 36.4. The van der Waals surface area contributed by atoms with Crippen LogP contribution in [-0.4, -0.2) is 28.9 Å². The first-order valence-corrected chi connectivity index (χ1v) is 9.77. The molecule has 0 fully saturated rings. The van der Waals surface area contributed by atoms with Crippen LogP contribution in [0.1, 0.15) is 26.3 Å². The molecule has 6 heteroatoms. The van der Waals surface area contributed by atoms with Crippen molar-refractivity contribution in [3.05, 3.63) is 95.6 Å².